The van der Waals surface area contributed by atoms with E-state index in [0.717, 1.165) is 0 Å². The Balaban J connectivity index is 2.54. The van der Waals surface area contributed by atoms with Crippen molar-refractivity contribution in [2.45, 2.75) is 46.7 Å². The number of nitrogens with zero attached hydrogens (tertiary/aromatic N) is 2. The van der Waals surface area contributed by atoms with Crippen LogP contribution in [0.3, 0.4) is 0 Å². The van der Waals surface area contributed by atoms with Gasteiger partial charge in [0.1, 0.15) is 5.82 Å². The minimum atomic E-state index is 0.381. The van der Waals surface area contributed by atoms with Crippen LogP contribution in [0.25, 0.3) is 5.82 Å². The summed E-state index contributed by atoms with van der Waals surface area (Å²) in [6.07, 6.45) is 4.36. The molecular weight excluding hydrogens is 288 g/mol. The lowest BCUT2D eigenvalue weighted by Gasteiger charge is -2.40. The average molecular weight is 309 g/mol. The number of halogens is 1. The smallest absolute Gasteiger partial charge is 0.113 e. The highest BCUT2D eigenvalue weighted by Gasteiger charge is 2.26. The van der Waals surface area contributed by atoms with Crippen LogP contribution in [0.1, 0.15) is 32.2 Å². The van der Waals surface area contributed by atoms with Gasteiger partial charge in [0.15, 0.2) is 0 Å². The molecule has 0 bridgehead atoms. The zero-order valence-electron chi connectivity index (χ0n) is 11.7. The van der Waals surface area contributed by atoms with Crippen LogP contribution in [0.5, 0.6) is 0 Å². The van der Waals surface area contributed by atoms with Gasteiger partial charge in [0.05, 0.1) is 6.04 Å². The highest BCUT2D eigenvalue weighted by Crippen LogP contribution is 2.31. The Hall–Kier alpha value is -0.960. The van der Waals surface area contributed by atoms with E-state index >= 15 is 0 Å². The van der Waals surface area contributed by atoms with E-state index in [2.05, 4.69) is 84.3 Å². The summed E-state index contributed by atoms with van der Waals surface area (Å²) < 4.78 is 3.56. The lowest BCUT2D eigenvalue weighted by molar-refractivity contribution is 0.276. The molecule has 0 aliphatic carbocycles. The predicted molar refractivity (Wildman–Crippen MR) is 81.6 cm³/mol. The average Bonchev–Trinajstić information content (AvgIpc) is 2.62. The number of rotatable bonds is 2. The molecule has 1 atom stereocenters. The van der Waals surface area contributed by atoms with Crippen LogP contribution < -0.4 is 0 Å². The van der Waals surface area contributed by atoms with Gasteiger partial charge in [0.25, 0.3) is 0 Å². The van der Waals surface area contributed by atoms with E-state index in [9.17, 15) is 0 Å². The summed E-state index contributed by atoms with van der Waals surface area (Å²) in [5, 5.41) is 0. The first-order chi connectivity index (χ1) is 8.43. The molecular formula is C15H21BrN2. The SMILES string of the molecule is Cc1ccc(C)n1C1=CC=C(Br)C(C)N1C(C)C. The molecule has 1 aliphatic rings. The Kier molecular flexibility index (Phi) is 3.71. The Morgan fingerprint density at radius 2 is 1.67 bits per heavy atom. The zero-order chi connectivity index (χ0) is 13.4. The first-order valence-electron chi connectivity index (χ1n) is 6.44. The van der Waals surface area contributed by atoms with Gasteiger partial charge in [-0.15, -0.1) is 0 Å². The molecule has 2 nitrogen and oxygen atoms in total. The van der Waals surface area contributed by atoms with Crippen LogP contribution in [0, 0.1) is 13.8 Å². The molecule has 0 saturated heterocycles. The van der Waals surface area contributed by atoms with Gasteiger partial charge in [-0.25, -0.2) is 0 Å². The van der Waals surface area contributed by atoms with Crippen LogP contribution in [-0.2, 0) is 0 Å². The number of hydrogen-bond acceptors (Lipinski definition) is 1. The molecule has 0 N–H and O–H groups in total. The first-order valence-corrected chi connectivity index (χ1v) is 7.23. The third-order valence-electron chi connectivity index (χ3n) is 3.53. The highest BCUT2D eigenvalue weighted by molar-refractivity contribution is 9.11. The van der Waals surface area contributed by atoms with Gasteiger partial charge in [0.2, 0.25) is 0 Å². The van der Waals surface area contributed by atoms with Crippen molar-refractivity contribution < 1.29 is 0 Å². The van der Waals surface area contributed by atoms with Gasteiger partial charge in [-0.2, -0.15) is 0 Å². The fourth-order valence-corrected chi connectivity index (χ4v) is 3.00. The molecule has 0 aromatic carbocycles. The number of hydrogen-bond donors (Lipinski definition) is 0. The van der Waals surface area contributed by atoms with Gasteiger partial charge in [0, 0.05) is 21.9 Å². The van der Waals surface area contributed by atoms with Crippen molar-refractivity contribution in [3.63, 3.8) is 0 Å². The van der Waals surface area contributed by atoms with E-state index in [4.69, 9.17) is 0 Å². The summed E-state index contributed by atoms with van der Waals surface area (Å²) in [4.78, 5) is 2.45. The van der Waals surface area contributed by atoms with Crippen LogP contribution in [0.2, 0.25) is 0 Å². The topological polar surface area (TPSA) is 8.17 Å². The van der Waals surface area contributed by atoms with Crippen molar-refractivity contribution in [3.8, 4) is 0 Å². The normalized spacial score (nSPS) is 20.2. The van der Waals surface area contributed by atoms with Crippen molar-refractivity contribution in [3.05, 3.63) is 40.2 Å². The van der Waals surface area contributed by atoms with E-state index < -0.39 is 0 Å². The van der Waals surface area contributed by atoms with Crippen LogP contribution in [0.4, 0.5) is 0 Å². The quantitative estimate of drug-likeness (QED) is 0.791. The van der Waals surface area contributed by atoms with E-state index in [0.29, 0.717) is 12.1 Å². The largest absolute Gasteiger partial charge is 0.348 e. The molecule has 1 aromatic rings. The summed E-state index contributed by atoms with van der Waals surface area (Å²) in [6.45, 7) is 11.0. The van der Waals surface area contributed by atoms with E-state index in [1.54, 1.807) is 0 Å². The van der Waals surface area contributed by atoms with Gasteiger partial charge in [-0.3, -0.25) is 0 Å². The highest BCUT2D eigenvalue weighted by atomic mass is 79.9. The number of allylic oxidation sites excluding steroid dienone is 2. The molecule has 0 saturated carbocycles. The molecule has 0 amide bonds. The molecule has 0 spiro atoms. The fourth-order valence-electron chi connectivity index (χ4n) is 2.64. The van der Waals surface area contributed by atoms with E-state index in [-0.39, 0.29) is 0 Å². The van der Waals surface area contributed by atoms with Crippen LogP contribution in [0.15, 0.2) is 28.8 Å². The summed E-state index contributed by atoms with van der Waals surface area (Å²) in [6, 6.07) is 5.19. The lowest BCUT2D eigenvalue weighted by Crippen LogP contribution is -2.41. The second kappa shape index (κ2) is 4.96. The molecule has 1 unspecified atom stereocenters. The summed E-state index contributed by atoms with van der Waals surface area (Å²) in [5.41, 5.74) is 2.56. The Morgan fingerprint density at radius 1 is 1.11 bits per heavy atom. The van der Waals surface area contributed by atoms with E-state index in [1.807, 2.05) is 0 Å². The molecule has 18 heavy (non-hydrogen) atoms. The second-order valence-electron chi connectivity index (χ2n) is 5.20. The molecule has 0 fully saturated rings. The molecule has 98 valence electrons. The predicted octanol–water partition coefficient (Wildman–Crippen LogP) is 4.29. The maximum Gasteiger partial charge on any atom is 0.113 e. The zero-order valence-corrected chi connectivity index (χ0v) is 13.3. The van der Waals surface area contributed by atoms with Crippen LogP contribution >= 0.6 is 15.9 Å². The third kappa shape index (κ3) is 2.16. The third-order valence-corrected chi connectivity index (χ3v) is 4.46. The molecule has 1 aromatic heterocycles. The first kappa shape index (κ1) is 13.5. The van der Waals surface area contributed by atoms with Crippen molar-refractivity contribution in [2.24, 2.45) is 0 Å². The number of aryl methyl sites for hydroxylation is 2. The minimum absolute atomic E-state index is 0.381. The minimum Gasteiger partial charge on any atom is -0.348 e. The Morgan fingerprint density at radius 3 is 2.17 bits per heavy atom. The van der Waals surface area contributed by atoms with Gasteiger partial charge in [-0.1, -0.05) is 15.9 Å². The van der Waals surface area contributed by atoms with Crippen molar-refractivity contribution >= 4 is 21.8 Å². The summed E-state index contributed by atoms with van der Waals surface area (Å²) in [5.74, 6) is 1.26. The van der Waals surface area contributed by atoms with Gasteiger partial charge >= 0.3 is 0 Å². The Labute approximate surface area is 118 Å². The number of aromatic nitrogens is 1. The summed E-state index contributed by atoms with van der Waals surface area (Å²) >= 11 is 3.66. The molecule has 3 heteroatoms. The van der Waals surface area contributed by atoms with Crippen molar-refractivity contribution in [2.75, 3.05) is 0 Å². The van der Waals surface area contributed by atoms with Crippen molar-refractivity contribution in [1.82, 2.24) is 9.47 Å². The fraction of sp³-hybridized carbons (Fsp3) is 0.467. The summed E-state index contributed by atoms with van der Waals surface area (Å²) in [7, 11) is 0. The standard InChI is InChI=1S/C15H21BrN2/c1-10(2)17-13(5)14(16)8-9-15(17)18-11(3)6-7-12(18)4/h6-10,13H,1-5H3. The second-order valence-corrected chi connectivity index (χ2v) is 6.12. The van der Waals surface area contributed by atoms with Gasteiger partial charge < -0.3 is 9.47 Å². The molecule has 0 radical (unpaired) electrons. The molecule has 1 aliphatic heterocycles. The monoisotopic (exact) mass is 308 g/mol. The van der Waals surface area contributed by atoms with E-state index in [1.165, 1.54) is 21.7 Å². The van der Waals surface area contributed by atoms with Gasteiger partial charge in [-0.05, 0) is 58.9 Å². The van der Waals surface area contributed by atoms with Crippen LogP contribution in [-0.4, -0.2) is 21.6 Å². The maximum absolute atomic E-state index is 3.66. The van der Waals surface area contributed by atoms with Crippen molar-refractivity contribution in [1.29, 1.82) is 0 Å². The lowest BCUT2D eigenvalue weighted by atomic mass is 10.1. The molecule has 2 heterocycles. The maximum atomic E-state index is 3.66. The Bertz CT molecular complexity index is 489. The molecule has 2 rings (SSSR count).